The van der Waals surface area contributed by atoms with Gasteiger partial charge >= 0.3 is 0 Å². The lowest BCUT2D eigenvalue weighted by Gasteiger charge is -2.21. The van der Waals surface area contributed by atoms with Gasteiger partial charge in [0.1, 0.15) is 5.76 Å². The van der Waals surface area contributed by atoms with E-state index in [2.05, 4.69) is 20.4 Å². The van der Waals surface area contributed by atoms with Crippen molar-refractivity contribution < 1.29 is 14.0 Å². The average Bonchev–Trinajstić information content (AvgIpc) is 3.30. The molecule has 0 spiro atoms. The zero-order chi connectivity index (χ0) is 16.7. The van der Waals surface area contributed by atoms with Crippen molar-refractivity contribution in [3.8, 4) is 0 Å². The molecule has 0 bridgehead atoms. The van der Waals surface area contributed by atoms with Crippen LogP contribution in [-0.2, 0) is 22.6 Å². The van der Waals surface area contributed by atoms with E-state index in [4.69, 9.17) is 14.0 Å². The summed E-state index contributed by atoms with van der Waals surface area (Å²) in [7, 11) is 0. The molecule has 0 N–H and O–H groups in total. The first-order chi connectivity index (χ1) is 11.6. The molecule has 2 aromatic rings. The van der Waals surface area contributed by atoms with Crippen LogP contribution in [0.5, 0.6) is 0 Å². The summed E-state index contributed by atoms with van der Waals surface area (Å²) in [6, 6.07) is 0.417. The number of likely N-dealkylation sites (tertiary alicyclic amines) is 1. The molecule has 0 aliphatic carbocycles. The fourth-order valence-corrected chi connectivity index (χ4v) is 4.35. The minimum atomic E-state index is 0.194. The Morgan fingerprint density at radius 1 is 1.33 bits per heavy atom. The van der Waals surface area contributed by atoms with Gasteiger partial charge in [0.15, 0.2) is 0 Å². The number of rotatable bonds is 5. The number of fused-ring (bicyclic) bond motifs is 1. The van der Waals surface area contributed by atoms with E-state index in [1.807, 2.05) is 20.8 Å². The Labute approximate surface area is 145 Å². The summed E-state index contributed by atoms with van der Waals surface area (Å²) in [6.07, 6.45) is 0.194. The number of nitrogens with zero attached hydrogens (tertiary/aromatic N) is 3. The number of ether oxygens (including phenoxy) is 2. The topological polar surface area (TPSA) is 60.6 Å². The van der Waals surface area contributed by atoms with Gasteiger partial charge in [-0.1, -0.05) is 5.16 Å². The van der Waals surface area contributed by atoms with Gasteiger partial charge < -0.3 is 14.0 Å². The second-order valence-electron chi connectivity index (χ2n) is 6.71. The quantitative estimate of drug-likeness (QED) is 0.826. The smallest absolute Gasteiger partial charge is 0.138 e. The van der Waals surface area contributed by atoms with Gasteiger partial charge in [-0.2, -0.15) is 0 Å². The number of aromatic nitrogens is 2. The molecule has 0 amide bonds. The second-order valence-corrected chi connectivity index (χ2v) is 7.77. The molecule has 7 heteroatoms. The van der Waals surface area contributed by atoms with Gasteiger partial charge in [-0.15, -0.1) is 11.3 Å². The maximum Gasteiger partial charge on any atom is 0.138 e. The van der Waals surface area contributed by atoms with Crippen LogP contribution in [0, 0.1) is 26.7 Å². The lowest BCUT2D eigenvalue weighted by molar-refractivity contribution is 0.00753. The normalized spacial score (nSPS) is 27.0. The summed E-state index contributed by atoms with van der Waals surface area (Å²) in [4.78, 5) is 6.95. The molecule has 2 fully saturated rings. The largest absolute Gasteiger partial charge is 0.379 e. The van der Waals surface area contributed by atoms with E-state index in [0.29, 0.717) is 18.6 Å². The molecule has 0 unspecified atom stereocenters. The van der Waals surface area contributed by atoms with Crippen molar-refractivity contribution in [2.24, 2.45) is 5.92 Å². The highest BCUT2D eigenvalue weighted by Crippen LogP contribution is 2.34. The van der Waals surface area contributed by atoms with E-state index in [-0.39, 0.29) is 6.10 Å². The number of aryl methyl sites for hydroxylation is 3. The molecular formula is C17H23N3O3S. The second kappa shape index (κ2) is 6.55. The van der Waals surface area contributed by atoms with E-state index in [0.717, 1.165) is 48.5 Å². The van der Waals surface area contributed by atoms with E-state index in [1.54, 1.807) is 11.3 Å². The predicted octanol–water partition coefficient (Wildman–Crippen LogP) is 2.47. The van der Waals surface area contributed by atoms with Crippen LogP contribution in [0.1, 0.15) is 27.7 Å². The van der Waals surface area contributed by atoms with Gasteiger partial charge in [-0.05, 0) is 20.8 Å². The third-order valence-electron chi connectivity index (χ3n) is 5.11. The third-order valence-corrected chi connectivity index (χ3v) is 5.93. The number of thiazole rings is 1. The predicted molar refractivity (Wildman–Crippen MR) is 89.9 cm³/mol. The SMILES string of the molecule is Cc1nc(CO[C@@H]2CN(Cc3c(C)noc3C)[C@H]3COC[C@@H]23)cs1. The van der Waals surface area contributed by atoms with Crippen LogP contribution in [0.3, 0.4) is 0 Å². The molecule has 6 nitrogen and oxygen atoms in total. The van der Waals surface area contributed by atoms with Gasteiger partial charge in [0.2, 0.25) is 0 Å². The summed E-state index contributed by atoms with van der Waals surface area (Å²) in [5.74, 6) is 1.34. The molecule has 0 radical (unpaired) electrons. The number of hydrogen-bond acceptors (Lipinski definition) is 7. The van der Waals surface area contributed by atoms with Crippen LogP contribution >= 0.6 is 11.3 Å². The Kier molecular flexibility index (Phi) is 4.42. The molecular weight excluding hydrogens is 326 g/mol. The van der Waals surface area contributed by atoms with E-state index in [9.17, 15) is 0 Å². The summed E-state index contributed by atoms with van der Waals surface area (Å²) >= 11 is 1.67. The number of hydrogen-bond donors (Lipinski definition) is 0. The monoisotopic (exact) mass is 349 g/mol. The third kappa shape index (κ3) is 3.01. The molecule has 130 valence electrons. The van der Waals surface area contributed by atoms with Gasteiger partial charge in [-0.25, -0.2) is 4.98 Å². The molecule has 2 saturated heterocycles. The Bertz CT molecular complexity index is 694. The van der Waals surface area contributed by atoms with Gasteiger partial charge in [0, 0.05) is 36.0 Å². The molecule has 4 rings (SSSR count). The highest BCUT2D eigenvalue weighted by atomic mass is 32.1. The summed E-state index contributed by atoms with van der Waals surface area (Å²) in [5.41, 5.74) is 3.19. The Hall–Kier alpha value is -1.28. The Morgan fingerprint density at radius 3 is 2.92 bits per heavy atom. The van der Waals surface area contributed by atoms with E-state index < -0.39 is 0 Å². The van der Waals surface area contributed by atoms with Crippen LogP contribution < -0.4 is 0 Å². The minimum Gasteiger partial charge on any atom is -0.379 e. The first-order valence-electron chi connectivity index (χ1n) is 8.38. The lowest BCUT2D eigenvalue weighted by Crippen LogP contribution is -2.32. The van der Waals surface area contributed by atoms with Crippen LogP contribution in [0.15, 0.2) is 9.90 Å². The summed E-state index contributed by atoms with van der Waals surface area (Å²) in [5, 5.41) is 7.23. The van der Waals surface area contributed by atoms with E-state index >= 15 is 0 Å². The van der Waals surface area contributed by atoms with Crippen molar-refractivity contribution >= 4 is 11.3 Å². The standard InChI is InChI=1S/C17H23N3O3S/c1-10-14(11(2)23-19-10)4-20-5-17(15-7-21-8-16(15)20)22-6-13-9-24-12(3)18-13/h9,15-17H,4-8H2,1-3H3/t15-,16+,17-/m1/s1. The first-order valence-corrected chi connectivity index (χ1v) is 9.26. The highest BCUT2D eigenvalue weighted by Gasteiger charge is 2.46. The van der Waals surface area contributed by atoms with Crippen LogP contribution in [0.2, 0.25) is 0 Å². The van der Waals surface area contributed by atoms with Gasteiger partial charge in [0.05, 0.1) is 42.3 Å². The maximum atomic E-state index is 6.21. The fraction of sp³-hybridized carbons (Fsp3) is 0.647. The van der Waals surface area contributed by atoms with Crippen LogP contribution in [0.25, 0.3) is 0 Å². The fourth-order valence-electron chi connectivity index (χ4n) is 3.75. The lowest BCUT2D eigenvalue weighted by atomic mass is 10.0. The minimum absolute atomic E-state index is 0.194. The van der Waals surface area contributed by atoms with Crippen molar-refractivity contribution in [3.05, 3.63) is 33.1 Å². The Balaban J connectivity index is 1.43. The van der Waals surface area contributed by atoms with Crippen molar-refractivity contribution in [1.82, 2.24) is 15.0 Å². The van der Waals surface area contributed by atoms with Crippen molar-refractivity contribution in [3.63, 3.8) is 0 Å². The van der Waals surface area contributed by atoms with Crippen molar-refractivity contribution in [1.29, 1.82) is 0 Å². The zero-order valence-corrected chi connectivity index (χ0v) is 15.1. The summed E-state index contributed by atoms with van der Waals surface area (Å²) < 4.78 is 17.2. The molecule has 24 heavy (non-hydrogen) atoms. The summed E-state index contributed by atoms with van der Waals surface area (Å²) in [6.45, 7) is 9.92. The van der Waals surface area contributed by atoms with E-state index in [1.165, 1.54) is 5.56 Å². The zero-order valence-electron chi connectivity index (χ0n) is 14.3. The molecule has 2 aliphatic heterocycles. The van der Waals surface area contributed by atoms with Crippen molar-refractivity contribution in [2.75, 3.05) is 19.8 Å². The maximum absolute atomic E-state index is 6.21. The van der Waals surface area contributed by atoms with Crippen molar-refractivity contribution in [2.45, 2.75) is 46.1 Å². The average molecular weight is 349 g/mol. The molecule has 4 heterocycles. The van der Waals surface area contributed by atoms with Gasteiger partial charge in [-0.3, -0.25) is 4.90 Å². The molecule has 0 aromatic carbocycles. The van der Waals surface area contributed by atoms with Gasteiger partial charge in [0.25, 0.3) is 0 Å². The van der Waals surface area contributed by atoms with Crippen LogP contribution in [0.4, 0.5) is 0 Å². The first kappa shape index (κ1) is 16.2. The molecule has 3 atom stereocenters. The molecule has 0 saturated carbocycles. The highest BCUT2D eigenvalue weighted by molar-refractivity contribution is 7.09. The molecule has 2 aromatic heterocycles. The van der Waals surface area contributed by atoms with Crippen LogP contribution in [-0.4, -0.2) is 46.9 Å². The Morgan fingerprint density at radius 2 is 2.21 bits per heavy atom. The molecule has 2 aliphatic rings.